The van der Waals surface area contributed by atoms with Crippen molar-refractivity contribution in [2.75, 3.05) is 12.3 Å². The van der Waals surface area contributed by atoms with Crippen LogP contribution in [0.1, 0.15) is 29.9 Å². The summed E-state index contributed by atoms with van der Waals surface area (Å²) in [5.41, 5.74) is 2.80. The minimum absolute atomic E-state index is 0.101. The second kappa shape index (κ2) is 7.79. The predicted molar refractivity (Wildman–Crippen MR) is 89.4 cm³/mol. The van der Waals surface area contributed by atoms with Crippen LogP contribution in [-0.4, -0.2) is 27.8 Å². The highest BCUT2D eigenvalue weighted by Crippen LogP contribution is 2.27. The molecule has 24 heavy (non-hydrogen) atoms. The standard InChI is InChI=1S/C17H19F2N3OS/c18-17(19)22-9-8-20-15(22)6-7-21-16(23)11-24-14-5-4-12-2-1-3-13(12)10-14/h4-5,8-10,17H,1-3,6-7,11H2,(H,21,23). The molecular weight excluding hydrogens is 332 g/mol. The third kappa shape index (κ3) is 4.14. The number of benzene rings is 1. The second-order valence-corrected chi connectivity index (χ2v) is 6.75. The van der Waals surface area contributed by atoms with E-state index in [9.17, 15) is 13.6 Å². The Morgan fingerprint density at radius 3 is 3.00 bits per heavy atom. The molecule has 1 aromatic heterocycles. The van der Waals surface area contributed by atoms with Crippen molar-refractivity contribution >= 4 is 17.7 Å². The first-order valence-corrected chi connectivity index (χ1v) is 8.93. The first kappa shape index (κ1) is 17.0. The van der Waals surface area contributed by atoms with Gasteiger partial charge in [-0.3, -0.25) is 9.36 Å². The zero-order valence-corrected chi connectivity index (χ0v) is 14.0. The van der Waals surface area contributed by atoms with Gasteiger partial charge >= 0.3 is 6.55 Å². The van der Waals surface area contributed by atoms with Crippen LogP contribution in [0.3, 0.4) is 0 Å². The molecule has 1 amide bonds. The molecule has 0 saturated heterocycles. The number of imidazole rings is 1. The van der Waals surface area contributed by atoms with Crippen molar-refractivity contribution < 1.29 is 13.6 Å². The van der Waals surface area contributed by atoms with Gasteiger partial charge in [0.25, 0.3) is 0 Å². The number of carbonyl (C=O) groups excluding carboxylic acids is 1. The van der Waals surface area contributed by atoms with Crippen LogP contribution in [0.5, 0.6) is 0 Å². The molecule has 3 rings (SSSR count). The van der Waals surface area contributed by atoms with E-state index in [0.29, 0.717) is 12.3 Å². The molecule has 0 bridgehead atoms. The van der Waals surface area contributed by atoms with Gasteiger partial charge in [-0.2, -0.15) is 8.78 Å². The number of amides is 1. The maximum absolute atomic E-state index is 12.7. The average molecular weight is 351 g/mol. The third-order valence-electron chi connectivity index (χ3n) is 4.07. The van der Waals surface area contributed by atoms with Crippen molar-refractivity contribution in [3.63, 3.8) is 0 Å². The fraction of sp³-hybridized carbons (Fsp3) is 0.412. The summed E-state index contributed by atoms with van der Waals surface area (Å²) >= 11 is 1.50. The molecule has 128 valence electrons. The van der Waals surface area contributed by atoms with Crippen LogP contribution in [0.4, 0.5) is 8.78 Å². The van der Waals surface area contributed by atoms with Gasteiger partial charge in [0, 0.05) is 30.3 Å². The number of nitrogens with one attached hydrogen (secondary N) is 1. The van der Waals surface area contributed by atoms with Crippen LogP contribution in [0.15, 0.2) is 35.5 Å². The number of carbonyl (C=O) groups is 1. The molecule has 4 nitrogen and oxygen atoms in total. The number of hydrogen-bond donors (Lipinski definition) is 1. The van der Waals surface area contributed by atoms with Gasteiger partial charge < -0.3 is 5.32 Å². The van der Waals surface area contributed by atoms with Gasteiger partial charge in [0.1, 0.15) is 5.82 Å². The van der Waals surface area contributed by atoms with Crippen LogP contribution in [0.2, 0.25) is 0 Å². The van der Waals surface area contributed by atoms with Crippen molar-refractivity contribution in [1.82, 2.24) is 14.9 Å². The van der Waals surface area contributed by atoms with Crippen molar-refractivity contribution in [1.29, 1.82) is 0 Å². The number of rotatable bonds is 7. The number of fused-ring (bicyclic) bond motifs is 1. The summed E-state index contributed by atoms with van der Waals surface area (Å²) in [6, 6.07) is 6.37. The average Bonchev–Trinajstić information content (AvgIpc) is 3.21. The molecule has 0 saturated carbocycles. The number of thioether (sulfide) groups is 1. The Balaban J connectivity index is 1.42. The summed E-state index contributed by atoms with van der Waals surface area (Å²) < 4.78 is 26.2. The minimum atomic E-state index is -2.60. The number of alkyl halides is 2. The van der Waals surface area contributed by atoms with Crippen molar-refractivity contribution in [2.24, 2.45) is 0 Å². The van der Waals surface area contributed by atoms with E-state index >= 15 is 0 Å². The normalized spacial score (nSPS) is 13.3. The van der Waals surface area contributed by atoms with E-state index in [1.54, 1.807) is 0 Å². The molecule has 1 aliphatic carbocycles. The summed E-state index contributed by atoms with van der Waals surface area (Å²) in [6.07, 6.45) is 6.34. The molecule has 1 heterocycles. The van der Waals surface area contributed by atoms with E-state index in [1.165, 1.54) is 41.7 Å². The molecule has 0 atom stereocenters. The fourth-order valence-corrected chi connectivity index (χ4v) is 3.66. The monoisotopic (exact) mass is 351 g/mol. The predicted octanol–water partition coefficient (Wildman–Crippen LogP) is 3.22. The molecule has 0 spiro atoms. The Morgan fingerprint density at radius 2 is 2.17 bits per heavy atom. The lowest BCUT2D eigenvalue weighted by Gasteiger charge is -2.08. The maximum atomic E-state index is 12.7. The van der Waals surface area contributed by atoms with Crippen molar-refractivity contribution in [2.45, 2.75) is 37.1 Å². The third-order valence-corrected chi connectivity index (χ3v) is 5.06. The Labute approximate surface area is 143 Å². The largest absolute Gasteiger partial charge is 0.355 e. The Hall–Kier alpha value is -1.89. The van der Waals surface area contributed by atoms with Crippen molar-refractivity contribution in [3.8, 4) is 0 Å². The van der Waals surface area contributed by atoms with Gasteiger partial charge in [-0.25, -0.2) is 4.98 Å². The van der Waals surface area contributed by atoms with Gasteiger partial charge in [-0.05, 0) is 42.5 Å². The summed E-state index contributed by atoms with van der Waals surface area (Å²) in [7, 11) is 0. The highest BCUT2D eigenvalue weighted by Gasteiger charge is 2.13. The van der Waals surface area contributed by atoms with E-state index in [4.69, 9.17) is 0 Å². The number of aryl methyl sites for hydroxylation is 2. The maximum Gasteiger partial charge on any atom is 0.319 e. The molecular formula is C17H19F2N3OS. The van der Waals surface area contributed by atoms with Crippen LogP contribution < -0.4 is 5.32 Å². The molecule has 0 unspecified atom stereocenters. The zero-order chi connectivity index (χ0) is 16.9. The number of halogens is 2. The van der Waals surface area contributed by atoms with Crippen molar-refractivity contribution in [3.05, 3.63) is 47.5 Å². The van der Waals surface area contributed by atoms with Gasteiger partial charge in [0.2, 0.25) is 5.91 Å². The van der Waals surface area contributed by atoms with Gasteiger partial charge in [-0.15, -0.1) is 11.8 Å². The van der Waals surface area contributed by atoms with Crippen LogP contribution in [0, 0.1) is 0 Å². The quantitative estimate of drug-likeness (QED) is 0.779. The number of nitrogens with zero attached hydrogens (tertiary/aromatic N) is 2. The lowest BCUT2D eigenvalue weighted by molar-refractivity contribution is -0.118. The van der Waals surface area contributed by atoms with Gasteiger partial charge in [0.15, 0.2) is 0 Å². The number of hydrogen-bond acceptors (Lipinski definition) is 3. The molecule has 0 radical (unpaired) electrons. The molecule has 1 N–H and O–H groups in total. The first-order chi connectivity index (χ1) is 11.6. The lowest BCUT2D eigenvalue weighted by Crippen LogP contribution is -2.28. The highest BCUT2D eigenvalue weighted by molar-refractivity contribution is 8.00. The minimum Gasteiger partial charge on any atom is -0.355 e. The van der Waals surface area contributed by atoms with Crippen LogP contribution >= 0.6 is 11.8 Å². The van der Waals surface area contributed by atoms with E-state index in [2.05, 4.69) is 28.5 Å². The van der Waals surface area contributed by atoms with E-state index < -0.39 is 6.55 Å². The SMILES string of the molecule is O=C(CSc1ccc2c(c1)CCC2)NCCc1nccn1C(F)F. The second-order valence-electron chi connectivity index (χ2n) is 5.70. The highest BCUT2D eigenvalue weighted by atomic mass is 32.2. The topological polar surface area (TPSA) is 46.9 Å². The summed E-state index contributed by atoms with van der Waals surface area (Å²) in [5, 5.41) is 2.75. The van der Waals surface area contributed by atoms with Gasteiger partial charge in [0.05, 0.1) is 5.75 Å². The van der Waals surface area contributed by atoms with Crippen LogP contribution in [-0.2, 0) is 24.1 Å². The summed E-state index contributed by atoms with van der Waals surface area (Å²) in [6.45, 7) is -2.30. The zero-order valence-electron chi connectivity index (χ0n) is 13.2. The smallest absolute Gasteiger partial charge is 0.319 e. The Morgan fingerprint density at radius 1 is 1.33 bits per heavy atom. The first-order valence-electron chi connectivity index (χ1n) is 7.94. The molecule has 0 aliphatic heterocycles. The molecule has 1 aromatic carbocycles. The Bertz CT molecular complexity index is 718. The molecule has 0 fully saturated rings. The molecule has 7 heteroatoms. The fourth-order valence-electron chi connectivity index (χ4n) is 2.87. The molecule has 2 aromatic rings. The summed E-state index contributed by atoms with van der Waals surface area (Å²) in [5.74, 6) is 0.495. The molecule has 1 aliphatic rings. The van der Waals surface area contributed by atoms with E-state index in [-0.39, 0.29) is 18.2 Å². The number of aromatic nitrogens is 2. The van der Waals surface area contributed by atoms with E-state index in [0.717, 1.165) is 22.3 Å². The van der Waals surface area contributed by atoms with E-state index in [1.807, 2.05) is 0 Å². The lowest BCUT2D eigenvalue weighted by atomic mass is 10.1. The summed E-state index contributed by atoms with van der Waals surface area (Å²) in [4.78, 5) is 16.9. The van der Waals surface area contributed by atoms with Gasteiger partial charge in [-0.1, -0.05) is 6.07 Å². The van der Waals surface area contributed by atoms with Crippen LogP contribution in [0.25, 0.3) is 0 Å². The Kier molecular flexibility index (Phi) is 5.50.